The topological polar surface area (TPSA) is 38.3 Å². The lowest BCUT2D eigenvalue weighted by molar-refractivity contribution is -0.119. The summed E-state index contributed by atoms with van der Waals surface area (Å²) >= 11 is 3.63. The van der Waals surface area contributed by atoms with E-state index in [4.69, 9.17) is 4.74 Å². The summed E-state index contributed by atoms with van der Waals surface area (Å²) in [6, 6.07) is 2.16. The number of ether oxygens (including phenoxy) is 1. The molecule has 1 N–H and O–H groups in total. The van der Waals surface area contributed by atoms with Gasteiger partial charge in [0.25, 0.3) is 0 Å². The Kier molecular flexibility index (Phi) is 2.95. The molecule has 3 nitrogen and oxygen atoms in total. The molecule has 0 saturated heterocycles. The van der Waals surface area contributed by atoms with Gasteiger partial charge in [-0.15, -0.1) is 0 Å². The van der Waals surface area contributed by atoms with E-state index < -0.39 is 5.41 Å². The molecule has 3 rings (SSSR count). The Balaban J connectivity index is 2.23. The standard InChI is InChI=1S/C16H20BrNO2/c1-7-6-10-8(2)13(9(3)17)20-14(10)11-12(7)18-15(19)16(11,4)5/h6,8-9,13H,1-5H3,(H,18,19). The van der Waals surface area contributed by atoms with E-state index in [2.05, 4.69) is 48.1 Å². The quantitative estimate of drug-likeness (QED) is 0.790. The van der Waals surface area contributed by atoms with Gasteiger partial charge in [-0.2, -0.15) is 0 Å². The number of hydrogen-bond acceptors (Lipinski definition) is 2. The van der Waals surface area contributed by atoms with Crippen LogP contribution in [0.3, 0.4) is 0 Å². The molecule has 1 aromatic carbocycles. The molecular weight excluding hydrogens is 318 g/mol. The monoisotopic (exact) mass is 337 g/mol. The van der Waals surface area contributed by atoms with Crippen molar-refractivity contribution in [3.8, 4) is 5.75 Å². The van der Waals surface area contributed by atoms with Crippen molar-refractivity contribution >= 4 is 27.5 Å². The average Bonchev–Trinajstić information content (AvgIpc) is 2.78. The average molecular weight is 338 g/mol. The van der Waals surface area contributed by atoms with E-state index in [1.807, 2.05) is 13.8 Å². The molecule has 1 aromatic rings. The predicted molar refractivity (Wildman–Crippen MR) is 84.1 cm³/mol. The van der Waals surface area contributed by atoms with Crippen LogP contribution in [0.15, 0.2) is 6.07 Å². The maximum absolute atomic E-state index is 12.2. The fraction of sp³-hybridized carbons (Fsp3) is 0.562. The van der Waals surface area contributed by atoms with Gasteiger partial charge in [-0.1, -0.05) is 22.9 Å². The Morgan fingerprint density at radius 1 is 1.45 bits per heavy atom. The van der Waals surface area contributed by atoms with Crippen LogP contribution in [-0.2, 0) is 10.2 Å². The molecule has 0 saturated carbocycles. The van der Waals surface area contributed by atoms with Gasteiger partial charge in [0.1, 0.15) is 11.9 Å². The summed E-state index contributed by atoms with van der Waals surface area (Å²) in [6.07, 6.45) is 0.113. The predicted octanol–water partition coefficient (Wildman–Crippen LogP) is 3.87. The molecule has 3 unspecified atom stereocenters. The van der Waals surface area contributed by atoms with Crippen molar-refractivity contribution in [2.75, 3.05) is 5.32 Å². The van der Waals surface area contributed by atoms with Gasteiger partial charge >= 0.3 is 0 Å². The first kappa shape index (κ1) is 13.9. The van der Waals surface area contributed by atoms with Crippen molar-refractivity contribution in [1.82, 2.24) is 0 Å². The molecule has 1 amide bonds. The van der Waals surface area contributed by atoms with Crippen molar-refractivity contribution in [2.45, 2.75) is 56.9 Å². The van der Waals surface area contributed by atoms with Gasteiger partial charge in [0.05, 0.1) is 11.1 Å². The number of fused-ring (bicyclic) bond motifs is 3. The minimum Gasteiger partial charge on any atom is -0.488 e. The van der Waals surface area contributed by atoms with Gasteiger partial charge in [-0.25, -0.2) is 0 Å². The number of halogens is 1. The number of benzene rings is 1. The zero-order valence-corrected chi connectivity index (χ0v) is 14.1. The summed E-state index contributed by atoms with van der Waals surface area (Å²) in [4.78, 5) is 12.5. The second kappa shape index (κ2) is 4.23. The van der Waals surface area contributed by atoms with Crippen molar-refractivity contribution in [1.29, 1.82) is 0 Å². The summed E-state index contributed by atoms with van der Waals surface area (Å²) < 4.78 is 6.22. The number of hydrogen-bond donors (Lipinski definition) is 1. The van der Waals surface area contributed by atoms with Crippen LogP contribution in [0.25, 0.3) is 0 Å². The molecule has 0 bridgehead atoms. The smallest absolute Gasteiger partial charge is 0.234 e. The molecule has 0 spiro atoms. The highest BCUT2D eigenvalue weighted by Gasteiger charge is 2.46. The second-order valence-corrected chi connectivity index (χ2v) is 7.93. The molecule has 3 atom stereocenters. The fourth-order valence-electron chi connectivity index (χ4n) is 3.34. The van der Waals surface area contributed by atoms with Crippen LogP contribution in [0.4, 0.5) is 5.69 Å². The number of rotatable bonds is 1. The zero-order chi connectivity index (χ0) is 14.8. The largest absolute Gasteiger partial charge is 0.488 e. The van der Waals surface area contributed by atoms with E-state index in [9.17, 15) is 4.79 Å². The van der Waals surface area contributed by atoms with Gasteiger partial charge in [0, 0.05) is 21.9 Å². The molecule has 0 aliphatic carbocycles. The molecule has 2 aliphatic rings. The third-order valence-corrected chi connectivity index (χ3v) is 5.15. The van der Waals surface area contributed by atoms with Gasteiger partial charge in [-0.05, 0) is 39.3 Å². The summed E-state index contributed by atoms with van der Waals surface area (Å²) in [7, 11) is 0. The van der Waals surface area contributed by atoms with Crippen LogP contribution in [0.5, 0.6) is 5.75 Å². The molecule has 4 heteroatoms. The van der Waals surface area contributed by atoms with Gasteiger partial charge in [-0.3, -0.25) is 4.79 Å². The highest BCUT2D eigenvalue weighted by atomic mass is 79.9. The van der Waals surface area contributed by atoms with Crippen molar-refractivity contribution in [3.63, 3.8) is 0 Å². The SMILES string of the molecule is Cc1cc2c(c3c1NC(=O)C3(C)C)OC(C(C)Br)C2C. The molecule has 2 heterocycles. The van der Waals surface area contributed by atoms with Gasteiger partial charge < -0.3 is 10.1 Å². The maximum Gasteiger partial charge on any atom is 0.234 e. The number of aryl methyl sites for hydroxylation is 1. The van der Waals surface area contributed by atoms with E-state index in [0.29, 0.717) is 5.92 Å². The van der Waals surface area contributed by atoms with E-state index in [-0.39, 0.29) is 16.8 Å². The van der Waals surface area contributed by atoms with Crippen molar-refractivity contribution in [2.24, 2.45) is 0 Å². The summed E-state index contributed by atoms with van der Waals surface area (Å²) in [6.45, 7) is 10.3. The molecule has 20 heavy (non-hydrogen) atoms. The first-order chi connectivity index (χ1) is 9.25. The fourth-order valence-corrected chi connectivity index (χ4v) is 3.90. The number of anilines is 1. The summed E-state index contributed by atoms with van der Waals surface area (Å²) in [5, 5.41) is 3.01. The van der Waals surface area contributed by atoms with Crippen LogP contribution in [-0.4, -0.2) is 16.8 Å². The summed E-state index contributed by atoms with van der Waals surface area (Å²) in [5.41, 5.74) is 3.78. The third-order valence-electron chi connectivity index (χ3n) is 4.63. The third kappa shape index (κ3) is 1.67. The Hall–Kier alpha value is -1.03. The summed E-state index contributed by atoms with van der Waals surface area (Å²) in [5.74, 6) is 1.29. The van der Waals surface area contributed by atoms with Crippen molar-refractivity contribution < 1.29 is 9.53 Å². The Labute approximate surface area is 128 Å². The van der Waals surface area contributed by atoms with Gasteiger partial charge in [0.15, 0.2) is 0 Å². The van der Waals surface area contributed by atoms with Crippen LogP contribution >= 0.6 is 15.9 Å². The maximum atomic E-state index is 12.2. The first-order valence-electron chi connectivity index (χ1n) is 7.05. The first-order valence-corrected chi connectivity index (χ1v) is 7.97. The molecule has 0 fully saturated rings. The van der Waals surface area contributed by atoms with Crippen LogP contribution in [0.2, 0.25) is 0 Å². The van der Waals surface area contributed by atoms with E-state index in [1.165, 1.54) is 5.56 Å². The lowest BCUT2D eigenvalue weighted by Gasteiger charge is -2.20. The van der Waals surface area contributed by atoms with E-state index >= 15 is 0 Å². The van der Waals surface area contributed by atoms with Crippen LogP contribution in [0, 0.1) is 6.92 Å². The lowest BCUT2D eigenvalue weighted by Crippen LogP contribution is -2.28. The number of carbonyl (C=O) groups excluding carboxylic acids is 1. The van der Waals surface area contributed by atoms with Crippen LogP contribution in [0.1, 0.15) is 50.3 Å². The Morgan fingerprint density at radius 2 is 2.10 bits per heavy atom. The lowest BCUT2D eigenvalue weighted by atomic mass is 9.82. The second-order valence-electron chi connectivity index (χ2n) is 6.49. The number of nitrogens with one attached hydrogen (secondary N) is 1. The van der Waals surface area contributed by atoms with Crippen molar-refractivity contribution in [3.05, 3.63) is 22.8 Å². The number of carbonyl (C=O) groups is 1. The van der Waals surface area contributed by atoms with Crippen LogP contribution < -0.4 is 10.1 Å². The molecule has 0 radical (unpaired) electrons. The molecule has 0 aromatic heterocycles. The van der Waals surface area contributed by atoms with Gasteiger partial charge in [0.2, 0.25) is 5.91 Å². The van der Waals surface area contributed by atoms with E-state index in [0.717, 1.165) is 22.6 Å². The number of amides is 1. The minimum absolute atomic E-state index is 0.0515. The highest BCUT2D eigenvalue weighted by Crippen LogP contribution is 2.52. The minimum atomic E-state index is -0.532. The highest BCUT2D eigenvalue weighted by molar-refractivity contribution is 9.09. The van der Waals surface area contributed by atoms with E-state index in [1.54, 1.807) is 0 Å². The Bertz CT molecular complexity index is 607. The molecule has 2 aliphatic heterocycles. The number of alkyl halides is 1. The zero-order valence-electron chi connectivity index (χ0n) is 12.5. The molecular formula is C16H20BrNO2. The Morgan fingerprint density at radius 3 is 2.70 bits per heavy atom. The molecule has 108 valence electrons. The normalized spacial score (nSPS) is 27.6.